The average Bonchev–Trinajstić information content (AvgIpc) is 2.72. The van der Waals surface area contributed by atoms with Gasteiger partial charge in [-0.3, -0.25) is 9.98 Å². The second kappa shape index (κ2) is 14.4. The number of hydrogen-bond acceptors (Lipinski definition) is 2. The zero-order valence-corrected chi connectivity index (χ0v) is 25.2. The topological polar surface area (TPSA) is 25.2 Å². The molecule has 0 bridgehead atoms. The summed E-state index contributed by atoms with van der Waals surface area (Å²) in [5.74, 6) is 0.653. The monoisotopic (exact) mass is 808 g/mol. The van der Waals surface area contributed by atoms with Gasteiger partial charge in [0.1, 0.15) is 0 Å². The van der Waals surface area contributed by atoms with E-state index in [-0.39, 0.29) is 49.8 Å². The molecule has 11 heteroatoms. The van der Waals surface area contributed by atoms with Crippen molar-refractivity contribution >= 4 is 14.0 Å². The Hall–Kier alpha value is -1.36. The molecule has 0 radical (unpaired) electrons. The Morgan fingerprint density at radius 2 is 1.23 bits per heavy atom. The van der Waals surface area contributed by atoms with E-state index in [0.717, 1.165) is 5.69 Å². The van der Waals surface area contributed by atoms with Crippen molar-refractivity contribution in [2.24, 2.45) is 4.99 Å². The Bertz CT molecular complexity index is 990. The van der Waals surface area contributed by atoms with Crippen LogP contribution < -0.4 is 24.0 Å². The van der Waals surface area contributed by atoms with E-state index >= 15 is 0 Å². The molecule has 3 rings (SSSR count). The van der Waals surface area contributed by atoms with Gasteiger partial charge in [-0.1, -0.05) is 80.1 Å². The van der Waals surface area contributed by atoms with E-state index in [0.29, 0.717) is 5.92 Å². The minimum Gasteiger partial charge on any atom is -1.00 e. The van der Waals surface area contributed by atoms with Crippen molar-refractivity contribution < 1.29 is 68.9 Å². The predicted molar refractivity (Wildman–Crippen MR) is 126 cm³/mol. The number of pyridine rings is 1. The van der Waals surface area contributed by atoms with Gasteiger partial charge < -0.3 is 24.0 Å². The number of aliphatic imine (C=N–C) groups is 1. The van der Waals surface area contributed by atoms with Gasteiger partial charge in [0.05, 0.1) is 11.7 Å². The van der Waals surface area contributed by atoms with Crippen molar-refractivity contribution in [3.8, 4) is 0 Å². The molecule has 0 aliphatic rings. The SMILES string of the molecule is C[C@H](N=Cc1ccccn1)c1ccccc1.Cc1ccc(C(C)C)cc1.F[P-](F)(F)(F)(F)F.[I-].[Os+4]. The third-order valence-corrected chi connectivity index (χ3v) is 4.14. The van der Waals surface area contributed by atoms with E-state index in [1.165, 1.54) is 16.7 Å². The van der Waals surface area contributed by atoms with Crippen molar-refractivity contribution in [1.29, 1.82) is 0 Å². The first-order chi connectivity index (χ1) is 15.0. The van der Waals surface area contributed by atoms with Crippen LogP contribution in [0.15, 0.2) is 84.0 Å². The molecule has 2 nitrogen and oxygen atoms in total. The van der Waals surface area contributed by atoms with Crippen LogP contribution in [0.2, 0.25) is 0 Å². The van der Waals surface area contributed by atoms with Gasteiger partial charge in [-0.25, -0.2) is 0 Å². The zero-order chi connectivity index (χ0) is 25.2. The molecule has 1 aromatic heterocycles. The molecule has 3 aromatic rings. The van der Waals surface area contributed by atoms with Crippen molar-refractivity contribution in [2.75, 3.05) is 0 Å². The Morgan fingerprint density at radius 3 is 1.66 bits per heavy atom. The first kappa shape index (κ1) is 35.8. The number of nitrogens with zero attached hydrogens (tertiary/aromatic N) is 2. The summed E-state index contributed by atoms with van der Waals surface area (Å²) in [5, 5.41) is 0. The second-order valence-corrected chi connectivity index (χ2v) is 9.56. The number of aromatic nitrogens is 1. The first-order valence-electron chi connectivity index (χ1n) is 10.1. The maximum Gasteiger partial charge on any atom is 4.00 e. The van der Waals surface area contributed by atoms with Crippen LogP contribution >= 0.6 is 7.81 Å². The fourth-order valence-corrected chi connectivity index (χ4v) is 2.41. The van der Waals surface area contributed by atoms with Gasteiger partial charge in [-0.2, -0.15) is 0 Å². The van der Waals surface area contributed by atoms with E-state index in [4.69, 9.17) is 0 Å². The standard InChI is InChI=1S/C14H14N2.C10H14.F6P.HI.Os/c1-12(13-7-3-2-4-8-13)16-11-14-9-5-6-10-15-14;1-8(2)10-6-4-9(3)5-7-10;1-7(2,3,4,5)6;;/h2-12H,1H3;4-8H,1-3H3;;1H;/q;;-1;;+4/p-1/t12-;;;;/m0..../s1. The van der Waals surface area contributed by atoms with E-state index in [1.54, 1.807) is 6.20 Å². The number of hydrogen-bond donors (Lipinski definition) is 0. The number of halogens is 7. The van der Waals surface area contributed by atoms with Gasteiger partial charge >= 0.3 is 52.8 Å². The van der Waals surface area contributed by atoms with Gasteiger partial charge in [0.2, 0.25) is 0 Å². The molecule has 2 aromatic carbocycles. The Morgan fingerprint density at radius 1 is 0.743 bits per heavy atom. The molecule has 194 valence electrons. The Kier molecular flexibility index (Phi) is 14.7. The minimum atomic E-state index is -10.7. The molecule has 0 fully saturated rings. The van der Waals surface area contributed by atoms with Crippen LogP contribution in [-0.4, -0.2) is 11.2 Å². The van der Waals surface area contributed by atoms with Crippen LogP contribution in [0.3, 0.4) is 0 Å². The molecule has 0 aliphatic heterocycles. The van der Waals surface area contributed by atoms with Crippen molar-refractivity contribution in [1.82, 2.24) is 4.98 Å². The molecule has 0 saturated heterocycles. The molecular formula is C24H28F6IN2OsP+2. The van der Waals surface area contributed by atoms with E-state index in [1.807, 2.05) is 42.6 Å². The molecule has 1 atom stereocenters. The van der Waals surface area contributed by atoms with Gasteiger partial charge in [0.15, 0.2) is 0 Å². The van der Waals surface area contributed by atoms with Crippen molar-refractivity contribution in [3.05, 3.63) is 101 Å². The third kappa shape index (κ3) is 21.6. The third-order valence-electron chi connectivity index (χ3n) is 4.14. The summed E-state index contributed by atoms with van der Waals surface area (Å²) < 4.78 is 59.2. The maximum absolute atomic E-state index is 10.7. The summed E-state index contributed by atoms with van der Waals surface area (Å²) in [6.45, 7) is 8.62. The van der Waals surface area contributed by atoms with E-state index in [2.05, 4.69) is 74.1 Å². The summed E-state index contributed by atoms with van der Waals surface area (Å²) in [7, 11) is -10.7. The van der Waals surface area contributed by atoms with Crippen LogP contribution in [-0.2, 0) is 19.8 Å². The summed E-state index contributed by atoms with van der Waals surface area (Å²) >= 11 is 0. The quantitative estimate of drug-likeness (QED) is 0.124. The molecular weight excluding hydrogens is 778 g/mol. The molecule has 35 heavy (non-hydrogen) atoms. The molecule has 0 saturated carbocycles. The fourth-order valence-electron chi connectivity index (χ4n) is 2.41. The molecule has 0 unspecified atom stereocenters. The van der Waals surface area contributed by atoms with E-state index < -0.39 is 7.81 Å². The normalized spacial score (nSPS) is 13.5. The summed E-state index contributed by atoms with van der Waals surface area (Å²) in [5.41, 5.74) is 4.87. The van der Waals surface area contributed by atoms with Crippen LogP contribution in [0.1, 0.15) is 55.1 Å². The smallest absolute Gasteiger partial charge is 1.00 e. The fraction of sp³-hybridized carbons (Fsp3) is 0.250. The molecule has 0 spiro atoms. The number of aryl methyl sites for hydroxylation is 1. The molecule has 0 N–H and O–H groups in total. The van der Waals surface area contributed by atoms with Gasteiger partial charge in [0, 0.05) is 12.4 Å². The van der Waals surface area contributed by atoms with Crippen LogP contribution in [0, 0.1) is 6.92 Å². The first-order valence-corrected chi connectivity index (χ1v) is 12.2. The van der Waals surface area contributed by atoms with Gasteiger partial charge in [-0.05, 0) is 43.0 Å². The number of rotatable bonds is 4. The molecule has 0 amide bonds. The summed E-state index contributed by atoms with van der Waals surface area (Å²) in [6, 6.07) is 24.9. The Balaban J connectivity index is 0. The van der Waals surface area contributed by atoms with Crippen LogP contribution in [0.25, 0.3) is 0 Å². The summed E-state index contributed by atoms with van der Waals surface area (Å²) in [4.78, 5) is 8.67. The maximum atomic E-state index is 9.87. The summed E-state index contributed by atoms with van der Waals surface area (Å²) in [6.07, 6.45) is 3.59. The largest absolute Gasteiger partial charge is 4.00 e. The predicted octanol–water partition coefficient (Wildman–Crippen LogP) is 6.76. The second-order valence-electron chi connectivity index (χ2n) is 7.64. The van der Waals surface area contributed by atoms with Crippen LogP contribution in [0.4, 0.5) is 25.2 Å². The van der Waals surface area contributed by atoms with Crippen molar-refractivity contribution in [3.63, 3.8) is 0 Å². The Labute approximate surface area is 233 Å². The van der Waals surface area contributed by atoms with Crippen LogP contribution in [0.5, 0.6) is 0 Å². The zero-order valence-electron chi connectivity index (χ0n) is 19.6. The molecule has 0 aliphatic carbocycles. The molecule has 1 heterocycles. The minimum absolute atomic E-state index is 0. The average molecular weight is 807 g/mol. The number of benzene rings is 2. The van der Waals surface area contributed by atoms with Crippen molar-refractivity contribution in [2.45, 2.75) is 39.7 Å². The van der Waals surface area contributed by atoms with E-state index in [9.17, 15) is 25.2 Å². The van der Waals surface area contributed by atoms with Gasteiger partial charge in [0.25, 0.3) is 0 Å². The van der Waals surface area contributed by atoms with Gasteiger partial charge in [-0.15, -0.1) is 0 Å².